The van der Waals surface area contributed by atoms with E-state index in [0.29, 0.717) is 42.3 Å². The van der Waals surface area contributed by atoms with Gasteiger partial charge in [-0.2, -0.15) is 0 Å². The Bertz CT molecular complexity index is 4620. The first-order chi connectivity index (χ1) is 59.5. The molecule has 10 amide bonds. The maximum atomic E-state index is 16.1. The Labute approximate surface area is 733 Å². The highest BCUT2D eigenvalue weighted by molar-refractivity contribution is 8.04. The van der Waals surface area contributed by atoms with Gasteiger partial charge in [-0.05, 0) is 112 Å². The number of nitrogens with two attached hydrogens (primary N) is 4. The molecule has 0 spiro atoms. The number of esters is 5. The van der Waals surface area contributed by atoms with E-state index in [2.05, 4.69) is 42.5 Å². The molecule has 0 radical (unpaired) electrons. The van der Waals surface area contributed by atoms with Crippen LogP contribution >= 0.6 is 11.8 Å². The molecule has 1 saturated heterocycles. The molecule has 3 aliphatic carbocycles. The molecule has 0 aromatic heterocycles. The van der Waals surface area contributed by atoms with E-state index in [-0.39, 0.29) is 77.4 Å². The molecule has 2 aliphatic heterocycles. The fraction of sp³-hybridized carbons (Fsp3) is 0.552. The molecule has 2 heterocycles. The first kappa shape index (κ1) is 99.9. The third-order valence-corrected chi connectivity index (χ3v) is 25.5. The van der Waals surface area contributed by atoms with Crippen LogP contribution in [-0.4, -0.2) is 239 Å². The molecule has 19 atom stereocenters. The number of primary amides is 1. The first-order valence-corrected chi connectivity index (χ1v) is 43.0. The van der Waals surface area contributed by atoms with Crippen molar-refractivity contribution in [3.63, 3.8) is 0 Å². The van der Waals surface area contributed by atoms with Gasteiger partial charge in [0.25, 0.3) is 17.7 Å². The largest absolute Gasteiger partial charge is 0.455 e. The number of nitrogens with zero attached hydrogens (tertiary/aromatic N) is 1. The second kappa shape index (κ2) is 44.1. The molecule has 2 saturated carbocycles. The van der Waals surface area contributed by atoms with Crippen molar-refractivity contribution in [3.8, 4) is 0 Å². The number of rotatable bonds is 43. The minimum absolute atomic E-state index is 0.000151. The Morgan fingerprint density at radius 1 is 0.690 bits per heavy atom. The van der Waals surface area contributed by atoms with E-state index in [4.69, 9.17) is 56.8 Å². The number of imide groups is 1. The Morgan fingerprint density at radius 3 is 1.79 bits per heavy atom. The van der Waals surface area contributed by atoms with E-state index in [1.165, 1.54) is 83.3 Å². The number of carbonyl (C=O) groups excluding carboxylic acids is 16. The normalized spacial score (nSPS) is 23.9. The average Bonchev–Trinajstić information content (AvgIpc) is 1.03. The van der Waals surface area contributed by atoms with Gasteiger partial charge in [0, 0.05) is 76.1 Å². The maximum absolute atomic E-state index is 16.1. The highest BCUT2D eigenvalue weighted by Crippen LogP contribution is 2.65. The minimum Gasteiger partial charge on any atom is -0.455 e. The molecule has 5 aliphatic rings. The van der Waals surface area contributed by atoms with Gasteiger partial charge in [-0.25, -0.2) is 9.59 Å². The summed E-state index contributed by atoms with van der Waals surface area (Å²) in [5.41, 5.74) is 14.5. The summed E-state index contributed by atoms with van der Waals surface area (Å²) >= 11 is 0.641. The van der Waals surface area contributed by atoms with Crippen LogP contribution in [0.1, 0.15) is 179 Å². The van der Waals surface area contributed by atoms with Crippen LogP contribution in [-0.2, 0) is 95.5 Å². The van der Waals surface area contributed by atoms with Crippen molar-refractivity contribution in [2.24, 2.45) is 51.5 Å². The summed E-state index contributed by atoms with van der Waals surface area (Å²) in [5.74, 6) is -18.7. The van der Waals surface area contributed by atoms with Crippen LogP contribution in [0.3, 0.4) is 0 Å². The Hall–Kier alpha value is -11.5. The van der Waals surface area contributed by atoms with E-state index in [1.807, 2.05) is 6.92 Å². The van der Waals surface area contributed by atoms with Crippen LogP contribution in [0.2, 0.25) is 0 Å². The number of hydrogen-bond acceptors (Lipinski definition) is 28. The number of amides is 10. The number of thioether (sulfide) groups is 1. The minimum atomic E-state index is -2.64. The number of ether oxygens (including phenoxy) is 6. The summed E-state index contributed by atoms with van der Waals surface area (Å²) in [4.78, 5) is 228. The number of likely N-dealkylation sites (N-methyl/N-ethyl adjacent to an activating group) is 1. The van der Waals surface area contributed by atoms with Gasteiger partial charge >= 0.3 is 29.8 Å². The van der Waals surface area contributed by atoms with E-state index >= 15 is 9.59 Å². The third kappa shape index (κ3) is 23.4. The molecule has 38 nitrogen and oxygen atoms in total. The lowest BCUT2D eigenvalue weighted by Gasteiger charge is -2.67. The topological polar surface area (TPSA) is 596 Å². The van der Waals surface area contributed by atoms with Crippen LogP contribution in [0, 0.1) is 34.0 Å². The van der Waals surface area contributed by atoms with E-state index in [1.54, 1.807) is 63.2 Å². The lowest BCUT2D eigenvalue weighted by Crippen LogP contribution is -2.82. The lowest BCUT2D eigenvalue weighted by molar-refractivity contribution is -0.346. The zero-order chi connectivity index (χ0) is 93.0. The van der Waals surface area contributed by atoms with Crippen LogP contribution < -0.4 is 65.5 Å². The van der Waals surface area contributed by atoms with Gasteiger partial charge in [0.15, 0.2) is 23.4 Å². The smallest absolute Gasteiger partial charge is 0.350 e. The van der Waals surface area contributed by atoms with E-state index in [0.717, 1.165) is 19.9 Å². The molecule has 39 heteroatoms. The zero-order valence-electron chi connectivity index (χ0n) is 72.5. The number of ketones is 1. The van der Waals surface area contributed by atoms with Gasteiger partial charge in [0.2, 0.25) is 47.5 Å². The molecule has 126 heavy (non-hydrogen) atoms. The molecule has 3 fully saturated rings. The second-order valence-electron chi connectivity index (χ2n) is 33.1. The number of unbranched alkanes of at least 4 members (excludes halogenated alkanes) is 1. The van der Waals surface area contributed by atoms with Crippen molar-refractivity contribution < 1.29 is 115 Å². The van der Waals surface area contributed by atoms with Gasteiger partial charge in [-0.15, -0.1) is 11.8 Å². The van der Waals surface area contributed by atoms with Crippen LogP contribution in [0.5, 0.6) is 0 Å². The summed E-state index contributed by atoms with van der Waals surface area (Å²) < 4.78 is 37.2. The van der Waals surface area contributed by atoms with Crippen molar-refractivity contribution in [2.75, 3.05) is 39.0 Å². The summed E-state index contributed by atoms with van der Waals surface area (Å²) in [5, 5.41) is 55.5. The number of aliphatic hydroxyl groups is 2. The summed E-state index contributed by atoms with van der Waals surface area (Å²) in [6.07, 6.45) is -11.3. The van der Waals surface area contributed by atoms with Gasteiger partial charge in [-0.1, -0.05) is 121 Å². The highest BCUT2D eigenvalue weighted by Gasteiger charge is 2.78. The first-order valence-electron chi connectivity index (χ1n) is 42.0. The lowest BCUT2D eigenvalue weighted by atomic mass is 9.44. The Balaban J connectivity index is 1.03. The zero-order valence-corrected chi connectivity index (χ0v) is 73.4. The molecule has 686 valence electrons. The number of guanidine groups is 1. The summed E-state index contributed by atoms with van der Waals surface area (Å²) in [6, 6.07) is 13.0. The van der Waals surface area contributed by atoms with Gasteiger partial charge in [0.05, 0.1) is 47.0 Å². The quantitative estimate of drug-likeness (QED) is 0.00712. The number of benzene rings is 3. The molecular weight excluding hydrogens is 1660 g/mol. The molecule has 5 unspecified atom stereocenters. The van der Waals surface area contributed by atoms with Crippen LogP contribution in [0.25, 0.3) is 0 Å². The molecule has 19 N–H and O–H groups in total. The number of Topliss-reactive ketones (excluding diaryl/α,β-unsaturated/α-hetero) is 1. The van der Waals surface area contributed by atoms with Crippen LogP contribution in [0.15, 0.2) is 113 Å². The fourth-order valence-corrected chi connectivity index (χ4v) is 17.7. The van der Waals surface area contributed by atoms with Crippen molar-refractivity contribution in [1.82, 2.24) is 47.4 Å². The van der Waals surface area contributed by atoms with Crippen molar-refractivity contribution >= 4 is 112 Å². The van der Waals surface area contributed by atoms with Crippen molar-refractivity contribution in [1.29, 1.82) is 5.41 Å². The summed E-state index contributed by atoms with van der Waals surface area (Å²) in [7, 11) is 1.42. The number of hydrogen-bond donors (Lipinski definition) is 15. The maximum Gasteiger partial charge on any atom is 0.350 e. The molecular formula is C87H118N14O24S. The van der Waals surface area contributed by atoms with Gasteiger partial charge in [-0.3, -0.25) is 77.4 Å². The Kier molecular flexibility index (Phi) is 34.9. The predicted octanol–water partition coefficient (Wildman–Crippen LogP) is 0.910. The molecule has 8 rings (SSSR count). The number of fused-ring (bicyclic) bond motifs is 5. The van der Waals surface area contributed by atoms with Crippen molar-refractivity contribution in [3.05, 3.63) is 130 Å². The monoisotopic (exact) mass is 1770 g/mol. The molecule has 2 bridgehead atoms. The number of nitrogens with one attached hydrogen (secondary N) is 9. The standard InChI is InChI=1S/C87H118N14O24S/c1-12-45(3)65(78(114)93-11)98-76(112)54(32-23-24-37-88)97-79(115)66(46(4)13-2)99-77(113)56(34-35-61(90)105)96-75(111)55(33-25-38-94-83(91)92)95-74(110)53(89)43-126-58-40-62(106)101(80(58)116)39-36-63(107)123-69(67(50-26-17-14-18-27-50)100-73(109)51-28-19-15-20-29-51)82(118)122-57-42-87(119)72(124-81(117)52-30-21-16-22-31-52)70-85(10,59(104)41-60-86(70,44-120-60)125-49(7)103)71(108)68(121-48(6)102)64(47(57)5)84(87,8)9/h14-22,26-31,40,45-46,53-57,59-60,65-70,72,104,119H,12-13,23-25,32-39,41-44,88-89H2,1-11H3,(H2,90,105)(H,93,114)(H,95,110)(H,96,111)(H,97,115)(H,98,112)(H,99,113)(H,100,109)(H4,91,92,94)/t45?,46?,53-,54-,55-,56-,57-,59-,60+,65?,66-,67-,68+,69+,70?,72?,85+,86-,87+/m0/s1. The van der Waals surface area contributed by atoms with E-state index in [9.17, 15) is 77.3 Å². The van der Waals surface area contributed by atoms with E-state index < -0.39 is 258 Å². The fourth-order valence-electron chi connectivity index (χ4n) is 16.7. The second-order valence-corrected chi connectivity index (χ2v) is 34.2. The molecule has 3 aromatic carbocycles. The van der Waals surface area contributed by atoms with Crippen molar-refractivity contribution in [2.45, 2.75) is 236 Å². The Morgan fingerprint density at radius 2 is 1.25 bits per heavy atom. The molecule has 3 aromatic rings. The number of carbonyl (C=O) groups is 16. The third-order valence-electron chi connectivity index (χ3n) is 24.3. The number of aliphatic hydroxyl groups excluding tert-OH is 1. The van der Waals surface area contributed by atoms with Gasteiger partial charge in [0.1, 0.15) is 60.2 Å². The highest BCUT2D eigenvalue weighted by atomic mass is 32.2. The van der Waals surface area contributed by atoms with Gasteiger partial charge < -0.3 is 104 Å². The SMILES string of the molecule is CCC(C)C(NC(=O)[C@H](CCCCN)NC(=O)[C@@H](NC(=O)[C@H](CCC(N)=O)NC(=O)[C@H](CCCNC(=N)N)NC(=O)[C@@H](N)CSC1=CC(=O)N(CCC(=O)O[C@@H](C(=O)O[C@H]2C[C@@]3(O)C(OC(=O)c4ccccc4)C4[C@](C)(C(=O)[C@H](OC(C)=O)C(=C2C)C3(C)C)[C@@H](O)C[C@H]2OC[C@@]42OC(C)=O)[C@@H](NC(=O)c2ccccc2)c2ccccc2)C1=O)C(C)CC)C(=O)NC. The average molecular weight is 1780 g/mol. The predicted molar refractivity (Wildman–Crippen MR) is 455 cm³/mol. The van der Waals surface area contributed by atoms with Crippen LogP contribution in [0.4, 0.5) is 0 Å². The summed E-state index contributed by atoms with van der Waals surface area (Å²) in [6.45, 7) is 13.9.